The number of nitrogens with one attached hydrogen (secondary N) is 1. The summed E-state index contributed by atoms with van der Waals surface area (Å²) in [5.74, 6) is 0.911. The summed E-state index contributed by atoms with van der Waals surface area (Å²) in [4.78, 5) is 0. The van der Waals surface area contributed by atoms with Crippen LogP contribution in [-0.2, 0) is 6.54 Å². The van der Waals surface area contributed by atoms with Gasteiger partial charge in [0.25, 0.3) is 0 Å². The molecule has 1 aromatic rings. The van der Waals surface area contributed by atoms with Crippen molar-refractivity contribution in [1.29, 1.82) is 0 Å². The summed E-state index contributed by atoms with van der Waals surface area (Å²) in [6, 6.07) is 8.16. The Bertz CT molecular complexity index is 363. The first kappa shape index (κ1) is 13.4. The third-order valence-corrected chi connectivity index (χ3v) is 3.58. The van der Waals surface area contributed by atoms with Crippen LogP contribution in [0.15, 0.2) is 24.3 Å². The molecule has 1 aliphatic rings. The Kier molecular flexibility index (Phi) is 4.25. The quantitative estimate of drug-likeness (QED) is 0.814. The van der Waals surface area contributed by atoms with Gasteiger partial charge in [-0.05, 0) is 50.8 Å². The van der Waals surface area contributed by atoms with E-state index >= 15 is 0 Å². The second-order valence-electron chi connectivity index (χ2n) is 5.46. The molecule has 0 radical (unpaired) electrons. The summed E-state index contributed by atoms with van der Waals surface area (Å²) < 4.78 is 5.61. The van der Waals surface area contributed by atoms with Gasteiger partial charge in [0, 0.05) is 12.1 Å². The lowest BCUT2D eigenvalue weighted by Crippen LogP contribution is -2.53. The molecule has 3 heteroatoms. The van der Waals surface area contributed by atoms with Crippen molar-refractivity contribution in [3.8, 4) is 5.75 Å². The molecule has 0 heterocycles. The molecule has 0 bridgehead atoms. The molecule has 1 fully saturated rings. The molecule has 2 rings (SSSR count). The fraction of sp³-hybridized carbons (Fsp3) is 0.600. The van der Waals surface area contributed by atoms with Crippen molar-refractivity contribution < 1.29 is 9.84 Å². The monoisotopic (exact) mass is 249 g/mol. The summed E-state index contributed by atoms with van der Waals surface area (Å²) in [6.07, 6.45) is 3.59. The van der Waals surface area contributed by atoms with Gasteiger partial charge >= 0.3 is 0 Å². The zero-order valence-electron chi connectivity index (χ0n) is 11.3. The van der Waals surface area contributed by atoms with Crippen molar-refractivity contribution in [1.82, 2.24) is 5.32 Å². The highest BCUT2D eigenvalue weighted by molar-refractivity contribution is 5.27. The van der Waals surface area contributed by atoms with Gasteiger partial charge in [-0.3, -0.25) is 0 Å². The van der Waals surface area contributed by atoms with E-state index in [1.807, 2.05) is 26.0 Å². The van der Waals surface area contributed by atoms with Crippen LogP contribution in [0.25, 0.3) is 0 Å². The van der Waals surface area contributed by atoms with Gasteiger partial charge in [-0.25, -0.2) is 0 Å². The Morgan fingerprint density at radius 2 is 1.94 bits per heavy atom. The highest BCUT2D eigenvalue weighted by Crippen LogP contribution is 2.31. The minimum Gasteiger partial charge on any atom is -0.491 e. The first-order chi connectivity index (χ1) is 8.63. The zero-order chi connectivity index (χ0) is 13.0. The smallest absolute Gasteiger partial charge is 0.119 e. The maximum absolute atomic E-state index is 9.38. The molecule has 0 aliphatic heterocycles. The Balaban J connectivity index is 1.86. The van der Waals surface area contributed by atoms with Gasteiger partial charge in [0.1, 0.15) is 5.75 Å². The fourth-order valence-electron chi connectivity index (χ4n) is 2.24. The third-order valence-electron chi connectivity index (χ3n) is 3.58. The van der Waals surface area contributed by atoms with Crippen LogP contribution in [0.1, 0.15) is 38.7 Å². The van der Waals surface area contributed by atoms with Gasteiger partial charge in [-0.1, -0.05) is 12.1 Å². The van der Waals surface area contributed by atoms with Crippen LogP contribution in [0.5, 0.6) is 5.75 Å². The van der Waals surface area contributed by atoms with E-state index in [0.29, 0.717) is 0 Å². The van der Waals surface area contributed by atoms with Crippen LogP contribution in [0.4, 0.5) is 0 Å². The van der Waals surface area contributed by atoms with E-state index in [2.05, 4.69) is 17.4 Å². The molecule has 1 aromatic carbocycles. The van der Waals surface area contributed by atoms with Crippen LogP contribution in [0.2, 0.25) is 0 Å². The molecular weight excluding hydrogens is 226 g/mol. The van der Waals surface area contributed by atoms with Crippen molar-refractivity contribution >= 4 is 0 Å². The number of hydrogen-bond donors (Lipinski definition) is 2. The molecule has 0 spiro atoms. The summed E-state index contributed by atoms with van der Waals surface area (Å²) in [5.41, 5.74) is 1.21. The first-order valence-electron chi connectivity index (χ1n) is 6.75. The number of aliphatic hydroxyl groups excluding tert-OH is 1. The molecule has 100 valence electrons. The average Bonchev–Trinajstić information content (AvgIpc) is 2.30. The largest absolute Gasteiger partial charge is 0.491 e. The Labute approximate surface area is 109 Å². The third kappa shape index (κ3) is 3.24. The van der Waals surface area contributed by atoms with Crippen molar-refractivity contribution in [2.45, 2.75) is 51.3 Å². The van der Waals surface area contributed by atoms with E-state index in [0.717, 1.165) is 25.1 Å². The van der Waals surface area contributed by atoms with Gasteiger partial charge in [-0.2, -0.15) is 0 Å². The predicted octanol–water partition coefficient (Wildman–Crippen LogP) is 2.48. The molecule has 0 unspecified atom stereocenters. The molecule has 0 amide bonds. The van der Waals surface area contributed by atoms with E-state index in [-0.39, 0.29) is 18.2 Å². The average molecular weight is 249 g/mol. The Morgan fingerprint density at radius 1 is 1.28 bits per heavy atom. The van der Waals surface area contributed by atoms with E-state index in [1.165, 1.54) is 12.0 Å². The van der Waals surface area contributed by atoms with Gasteiger partial charge in [0.05, 0.1) is 12.7 Å². The maximum atomic E-state index is 9.38. The summed E-state index contributed by atoms with van der Waals surface area (Å²) >= 11 is 0. The topological polar surface area (TPSA) is 41.5 Å². The molecule has 3 nitrogen and oxygen atoms in total. The molecule has 0 saturated heterocycles. The van der Waals surface area contributed by atoms with E-state index in [9.17, 15) is 5.11 Å². The zero-order valence-corrected chi connectivity index (χ0v) is 11.3. The van der Waals surface area contributed by atoms with Crippen LogP contribution in [0.3, 0.4) is 0 Å². The highest BCUT2D eigenvalue weighted by Gasteiger charge is 2.35. The highest BCUT2D eigenvalue weighted by atomic mass is 16.5. The number of benzene rings is 1. The second-order valence-corrected chi connectivity index (χ2v) is 5.46. The predicted molar refractivity (Wildman–Crippen MR) is 72.7 cm³/mol. The van der Waals surface area contributed by atoms with Gasteiger partial charge < -0.3 is 15.2 Å². The lowest BCUT2D eigenvalue weighted by Gasteiger charge is -2.41. The molecule has 1 aliphatic carbocycles. The molecule has 0 atom stereocenters. The number of rotatable bonds is 6. The summed E-state index contributed by atoms with van der Waals surface area (Å²) in [7, 11) is 0. The van der Waals surface area contributed by atoms with E-state index in [4.69, 9.17) is 4.74 Å². The van der Waals surface area contributed by atoms with Crippen molar-refractivity contribution in [2.75, 3.05) is 6.61 Å². The minimum absolute atomic E-state index is 0.0207. The van der Waals surface area contributed by atoms with Crippen LogP contribution < -0.4 is 10.1 Å². The molecule has 0 aromatic heterocycles. The van der Waals surface area contributed by atoms with Crippen molar-refractivity contribution in [2.24, 2.45) is 0 Å². The van der Waals surface area contributed by atoms with E-state index in [1.54, 1.807) is 0 Å². The fourth-order valence-corrected chi connectivity index (χ4v) is 2.24. The standard InChI is InChI=1S/C15H23NO2/c1-12(2)18-14-6-4-13(5-7-14)10-16-15(11-17)8-3-9-15/h4-7,12,16-17H,3,8-11H2,1-2H3. The van der Waals surface area contributed by atoms with Crippen molar-refractivity contribution in [3.63, 3.8) is 0 Å². The number of ether oxygens (including phenoxy) is 1. The van der Waals surface area contributed by atoms with Crippen molar-refractivity contribution in [3.05, 3.63) is 29.8 Å². The lowest BCUT2D eigenvalue weighted by atomic mass is 9.77. The Hall–Kier alpha value is -1.06. The Morgan fingerprint density at radius 3 is 2.39 bits per heavy atom. The van der Waals surface area contributed by atoms with E-state index < -0.39 is 0 Å². The molecule has 2 N–H and O–H groups in total. The number of aliphatic hydroxyl groups is 1. The SMILES string of the molecule is CC(C)Oc1ccc(CNC2(CO)CCC2)cc1. The summed E-state index contributed by atoms with van der Waals surface area (Å²) in [5, 5.41) is 12.8. The summed E-state index contributed by atoms with van der Waals surface area (Å²) in [6.45, 7) is 5.10. The van der Waals surface area contributed by atoms with Gasteiger partial charge in [-0.15, -0.1) is 0 Å². The van der Waals surface area contributed by atoms with Crippen LogP contribution >= 0.6 is 0 Å². The first-order valence-corrected chi connectivity index (χ1v) is 6.75. The minimum atomic E-state index is -0.0207. The molecule has 1 saturated carbocycles. The number of hydrogen-bond acceptors (Lipinski definition) is 3. The normalized spacial score (nSPS) is 17.6. The maximum Gasteiger partial charge on any atom is 0.119 e. The molecule has 18 heavy (non-hydrogen) atoms. The van der Waals surface area contributed by atoms with Gasteiger partial charge in [0.15, 0.2) is 0 Å². The van der Waals surface area contributed by atoms with Crippen LogP contribution in [-0.4, -0.2) is 23.4 Å². The second kappa shape index (κ2) is 5.72. The molecular formula is C15H23NO2. The lowest BCUT2D eigenvalue weighted by molar-refractivity contribution is 0.0872. The van der Waals surface area contributed by atoms with Crippen LogP contribution in [0, 0.1) is 0 Å². The van der Waals surface area contributed by atoms with Gasteiger partial charge in [0.2, 0.25) is 0 Å².